The molecule has 6 rings (SSSR count). The van der Waals surface area contributed by atoms with Gasteiger partial charge in [-0.25, -0.2) is 4.57 Å². The van der Waals surface area contributed by atoms with Crippen LogP contribution >= 0.6 is 15.6 Å². The second-order valence-corrected chi connectivity index (χ2v) is 11.1. The molecule has 0 aliphatic heterocycles. The zero-order valence-electron chi connectivity index (χ0n) is 20.9. The minimum absolute atomic E-state index is 0.423. The summed E-state index contributed by atoms with van der Waals surface area (Å²) in [5, 5.41) is 5.35. The molecular formula is C30H24O8P2. The van der Waals surface area contributed by atoms with Crippen molar-refractivity contribution in [2.75, 3.05) is 0 Å². The van der Waals surface area contributed by atoms with Crippen LogP contribution in [0.4, 0.5) is 0 Å². The highest BCUT2D eigenvalue weighted by Crippen LogP contribution is 2.53. The highest BCUT2D eigenvalue weighted by Gasteiger charge is 2.35. The van der Waals surface area contributed by atoms with Crippen LogP contribution in [-0.4, -0.2) is 14.7 Å². The lowest BCUT2D eigenvalue weighted by molar-refractivity contribution is 0.275. The lowest BCUT2D eigenvalue weighted by Crippen LogP contribution is -2.08. The van der Waals surface area contributed by atoms with E-state index in [1.165, 1.54) is 0 Å². The molecule has 0 amide bonds. The molecule has 3 N–H and O–H groups in total. The fourth-order valence-corrected chi connectivity index (χ4v) is 5.56. The summed E-state index contributed by atoms with van der Waals surface area (Å²) in [5.74, 6) is 1.27. The van der Waals surface area contributed by atoms with E-state index in [-0.39, 0.29) is 0 Å². The van der Waals surface area contributed by atoms with Crippen molar-refractivity contribution in [1.82, 2.24) is 0 Å². The first-order chi connectivity index (χ1) is 19.2. The van der Waals surface area contributed by atoms with Crippen molar-refractivity contribution in [1.29, 1.82) is 0 Å². The van der Waals surface area contributed by atoms with Crippen LogP contribution in [0.2, 0.25) is 0 Å². The Kier molecular flexibility index (Phi) is 7.90. The van der Waals surface area contributed by atoms with Crippen molar-refractivity contribution in [3.8, 4) is 17.2 Å². The molecule has 202 valence electrons. The third-order valence-electron chi connectivity index (χ3n) is 5.88. The van der Waals surface area contributed by atoms with Crippen LogP contribution in [0.1, 0.15) is 0 Å². The summed E-state index contributed by atoms with van der Waals surface area (Å²) in [5.41, 5.74) is 0. The standard InChI is InChI=1S/C30H21O4P.H3O4P/c31-35(32-28-19-7-13-22-10-1-4-16-25(22)28,33-29-20-8-14-23-11-2-5-17-26(23)29)34-30-21-9-15-24-12-3-6-18-27(24)30;1-5(2,3)4/h1-21H;(H3,1,2,3,4). The molecule has 0 unspecified atom stereocenters. The molecule has 0 radical (unpaired) electrons. The van der Waals surface area contributed by atoms with Crippen molar-refractivity contribution in [3.63, 3.8) is 0 Å². The van der Waals surface area contributed by atoms with Gasteiger partial charge in [0.05, 0.1) is 0 Å². The quantitative estimate of drug-likeness (QED) is 0.172. The summed E-state index contributed by atoms with van der Waals surface area (Å²) in [4.78, 5) is 21.6. The van der Waals surface area contributed by atoms with Gasteiger partial charge in [-0.2, -0.15) is 4.57 Å². The van der Waals surface area contributed by atoms with E-state index in [0.717, 1.165) is 32.3 Å². The molecule has 0 spiro atoms. The number of phosphoric ester groups is 1. The number of rotatable bonds is 6. The number of hydrogen-bond donors (Lipinski definition) is 3. The van der Waals surface area contributed by atoms with E-state index in [1.807, 2.05) is 109 Å². The van der Waals surface area contributed by atoms with E-state index >= 15 is 0 Å². The maximum atomic E-state index is 14.4. The monoisotopic (exact) mass is 574 g/mol. The normalized spacial score (nSPS) is 11.6. The molecule has 0 aromatic heterocycles. The number of phosphoric acid groups is 2. The largest absolute Gasteiger partial charge is 0.647 e. The van der Waals surface area contributed by atoms with Crippen molar-refractivity contribution in [2.45, 2.75) is 0 Å². The summed E-state index contributed by atoms with van der Waals surface area (Å²) in [6.07, 6.45) is 0. The number of benzene rings is 6. The Balaban J connectivity index is 0.000000595. The number of hydrogen-bond acceptors (Lipinski definition) is 5. The fourth-order valence-electron chi connectivity index (χ4n) is 4.24. The van der Waals surface area contributed by atoms with Gasteiger partial charge in [0, 0.05) is 16.2 Å². The first-order valence-electron chi connectivity index (χ1n) is 12.1. The van der Waals surface area contributed by atoms with Gasteiger partial charge in [-0.05, 0) is 34.4 Å². The lowest BCUT2D eigenvalue weighted by atomic mass is 10.1. The molecule has 0 saturated heterocycles. The molecule has 0 bridgehead atoms. The molecule has 6 aromatic carbocycles. The summed E-state index contributed by atoms with van der Waals surface area (Å²) in [6.45, 7) is 0. The Morgan fingerprint density at radius 2 is 0.650 bits per heavy atom. The van der Waals surface area contributed by atoms with E-state index in [1.54, 1.807) is 18.2 Å². The van der Waals surface area contributed by atoms with Crippen LogP contribution in [-0.2, 0) is 9.13 Å². The Labute approximate surface area is 229 Å². The van der Waals surface area contributed by atoms with Crippen LogP contribution in [0.3, 0.4) is 0 Å². The Hall–Kier alpha value is -4.16. The van der Waals surface area contributed by atoms with Gasteiger partial charge in [0.15, 0.2) is 0 Å². The van der Waals surface area contributed by atoms with Gasteiger partial charge < -0.3 is 28.3 Å². The second kappa shape index (κ2) is 11.5. The van der Waals surface area contributed by atoms with Gasteiger partial charge in [-0.1, -0.05) is 109 Å². The van der Waals surface area contributed by atoms with E-state index in [2.05, 4.69) is 0 Å². The first-order valence-corrected chi connectivity index (χ1v) is 15.1. The third-order valence-corrected chi connectivity index (χ3v) is 7.14. The first kappa shape index (κ1) is 27.4. The molecule has 0 atom stereocenters. The van der Waals surface area contributed by atoms with E-state index in [4.69, 9.17) is 32.8 Å². The van der Waals surface area contributed by atoms with Gasteiger partial charge in [0.2, 0.25) is 0 Å². The second-order valence-electron chi connectivity index (χ2n) is 8.67. The summed E-state index contributed by atoms with van der Waals surface area (Å²) in [7, 11) is -8.84. The molecule has 0 aliphatic carbocycles. The molecule has 0 saturated carbocycles. The van der Waals surface area contributed by atoms with E-state index in [0.29, 0.717) is 17.2 Å². The van der Waals surface area contributed by atoms with Gasteiger partial charge in [0.25, 0.3) is 0 Å². The van der Waals surface area contributed by atoms with Gasteiger partial charge in [-0.15, -0.1) is 0 Å². The van der Waals surface area contributed by atoms with Crippen molar-refractivity contribution in [3.05, 3.63) is 127 Å². The van der Waals surface area contributed by atoms with E-state index in [9.17, 15) is 4.57 Å². The lowest BCUT2D eigenvalue weighted by Gasteiger charge is -2.21. The topological polar surface area (TPSA) is 123 Å². The molecule has 0 aliphatic rings. The van der Waals surface area contributed by atoms with Crippen LogP contribution in [0.5, 0.6) is 17.2 Å². The van der Waals surface area contributed by atoms with Gasteiger partial charge in [-0.3, -0.25) is 0 Å². The summed E-state index contributed by atoms with van der Waals surface area (Å²) in [6, 6.07) is 40.1. The molecular weight excluding hydrogens is 550 g/mol. The Morgan fingerprint density at radius 3 is 0.950 bits per heavy atom. The minimum atomic E-state index is -4.64. The maximum absolute atomic E-state index is 14.4. The zero-order valence-corrected chi connectivity index (χ0v) is 22.7. The van der Waals surface area contributed by atoms with Crippen molar-refractivity contribution >= 4 is 48.0 Å². The Morgan fingerprint density at radius 1 is 0.400 bits per heavy atom. The molecule has 8 nitrogen and oxygen atoms in total. The van der Waals surface area contributed by atoms with Gasteiger partial charge >= 0.3 is 15.6 Å². The van der Waals surface area contributed by atoms with Crippen LogP contribution in [0, 0.1) is 0 Å². The summed E-state index contributed by atoms with van der Waals surface area (Å²) < 4.78 is 41.7. The molecule has 40 heavy (non-hydrogen) atoms. The molecule has 0 fully saturated rings. The highest BCUT2D eigenvalue weighted by atomic mass is 31.2. The smallest absolute Gasteiger partial charge is 0.385 e. The SMILES string of the molecule is O=P(O)(O)O.O=P(Oc1cccc2ccccc12)(Oc1cccc2ccccc12)Oc1cccc2ccccc12. The molecule has 0 heterocycles. The minimum Gasteiger partial charge on any atom is -0.385 e. The van der Waals surface area contributed by atoms with E-state index < -0.39 is 15.6 Å². The fraction of sp³-hybridized carbons (Fsp3) is 0. The van der Waals surface area contributed by atoms with Crippen molar-refractivity contribution in [2.24, 2.45) is 0 Å². The predicted octanol–water partition coefficient (Wildman–Crippen LogP) is 7.86. The highest BCUT2D eigenvalue weighted by molar-refractivity contribution is 7.49. The molecule has 6 aromatic rings. The van der Waals surface area contributed by atoms with Crippen molar-refractivity contribution < 1.29 is 37.4 Å². The maximum Gasteiger partial charge on any atom is 0.647 e. The average molecular weight is 574 g/mol. The number of fused-ring (bicyclic) bond motifs is 3. The van der Waals surface area contributed by atoms with Gasteiger partial charge in [0.1, 0.15) is 17.2 Å². The van der Waals surface area contributed by atoms with Crippen LogP contribution in [0.15, 0.2) is 127 Å². The molecule has 10 heteroatoms. The Bertz CT molecular complexity index is 1670. The predicted molar refractivity (Wildman–Crippen MR) is 156 cm³/mol. The average Bonchev–Trinajstić information content (AvgIpc) is 2.93. The zero-order chi connectivity index (χ0) is 28.2. The third kappa shape index (κ3) is 6.69. The summed E-state index contributed by atoms with van der Waals surface area (Å²) >= 11 is 0. The van der Waals surface area contributed by atoms with Crippen LogP contribution < -0.4 is 13.6 Å². The van der Waals surface area contributed by atoms with Crippen LogP contribution in [0.25, 0.3) is 32.3 Å².